The molecule has 3 heterocycles. The third kappa shape index (κ3) is 3.79. The summed E-state index contributed by atoms with van der Waals surface area (Å²) in [4.78, 5) is 23.4. The molecule has 0 fully saturated rings. The zero-order valence-corrected chi connectivity index (χ0v) is 19.1. The fraction of sp³-hybridized carbons (Fsp3) is 0.125. The number of fused-ring (bicyclic) bond motifs is 2. The largest absolute Gasteiger partial charge is 0.494 e. The van der Waals surface area contributed by atoms with E-state index in [-0.39, 0.29) is 5.91 Å². The molecule has 160 valence electrons. The standard InChI is InChI=1S/C24H20N4O2S2/c1-3-30-15-8-10-18-19(12-15)31-24(27-18)28-22(29)21-20(25)16-9-11-17(26-23(16)32-21)14-6-4-13(2)5-7-14/h4-12H,3,25H2,1-2H3,(H,27,28,29). The predicted octanol–water partition coefficient (Wildman–Crippen LogP) is 6.11. The monoisotopic (exact) mass is 460 g/mol. The second kappa shape index (κ2) is 8.22. The lowest BCUT2D eigenvalue weighted by Gasteiger charge is -2.01. The number of carbonyl (C=O) groups is 1. The number of nitrogens with one attached hydrogen (secondary N) is 1. The highest BCUT2D eigenvalue weighted by atomic mass is 32.1. The molecule has 0 bridgehead atoms. The van der Waals surface area contributed by atoms with Crippen LogP contribution in [-0.4, -0.2) is 22.5 Å². The first kappa shape index (κ1) is 20.4. The number of hydrogen-bond donors (Lipinski definition) is 2. The average molecular weight is 461 g/mol. The number of aryl methyl sites for hydroxylation is 1. The van der Waals surface area contributed by atoms with Crippen molar-refractivity contribution in [1.82, 2.24) is 9.97 Å². The van der Waals surface area contributed by atoms with Crippen LogP contribution in [0.3, 0.4) is 0 Å². The Hall–Kier alpha value is -3.49. The molecule has 0 aliphatic rings. The van der Waals surface area contributed by atoms with Gasteiger partial charge in [0.05, 0.1) is 28.2 Å². The number of nitrogen functional groups attached to an aromatic ring is 1. The molecule has 6 nitrogen and oxygen atoms in total. The van der Waals surface area contributed by atoms with Gasteiger partial charge in [-0.15, -0.1) is 11.3 Å². The number of nitrogens with zero attached hydrogens (tertiary/aromatic N) is 2. The van der Waals surface area contributed by atoms with Gasteiger partial charge in [-0.05, 0) is 44.2 Å². The Morgan fingerprint density at radius 3 is 2.66 bits per heavy atom. The van der Waals surface area contributed by atoms with E-state index >= 15 is 0 Å². The van der Waals surface area contributed by atoms with Crippen LogP contribution in [0.15, 0.2) is 54.6 Å². The van der Waals surface area contributed by atoms with Crippen LogP contribution in [0.2, 0.25) is 0 Å². The molecular weight excluding hydrogens is 440 g/mol. The third-order valence-electron chi connectivity index (χ3n) is 5.04. The van der Waals surface area contributed by atoms with E-state index in [1.807, 2.05) is 49.4 Å². The van der Waals surface area contributed by atoms with Crippen molar-refractivity contribution in [1.29, 1.82) is 0 Å². The molecule has 5 rings (SSSR count). The van der Waals surface area contributed by atoms with Crippen LogP contribution in [-0.2, 0) is 0 Å². The Morgan fingerprint density at radius 2 is 1.88 bits per heavy atom. The zero-order valence-electron chi connectivity index (χ0n) is 17.5. The molecule has 2 aromatic carbocycles. The highest BCUT2D eigenvalue weighted by Gasteiger charge is 2.19. The molecule has 0 radical (unpaired) electrons. The predicted molar refractivity (Wildman–Crippen MR) is 133 cm³/mol. The van der Waals surface area contributed by atoms with Gasteiger partial charge in [0.25, 0.3) is 5.91 Å². The topological polar surface area (TPSA) is 90.1 Å². The molecule has 0 atom stereocenters. The highest BCUT2D eigenvalue weighted by Crippen LogP contribution is 2.35. The molecule has 0 saturated carbocycles. The molecule has 5 aromatic rings. The quantitative estimate of drug-likeness (QED) is 0.330. The minimum absolute atomic E-state index is 0.286. The SMILES string of the molecule is CCOc1ccc2nc(NC(=O)c3sc4nc(-c5ccc(C)cc5)ccc4c3N)sc2c1. The van der Waals surface area contributed by atoms with Gasteiger partial charge >= 0.3 is 0 Å². The van der Waals surface area contributed by atoms with Crippen LogP contribution in [0, 0.1) is 6.92 Å². The van der Waals surface area contributed by atoms with Gasteiger partial charge in [-0.2, -0.15) is 0 Å². The number of ether oxygens (including phenoxy) is 1. The Labute approximate surface area is 192 Å². The molecule has 8 heteroatoms. The first-order valence-corrected chi connectivity index (χ1v) is 11.8. The summed E-state index contributed by atoms with van der Waals surface area (Å²) in [7, 11) is 0. The fourth-order valence-corrected chi connectivity index (χ4v) is 5.30. The zero-order chi connectivity index (χ0) is 22.2. The molecule has 32 heavy (non-hydrogen) atoms. The number of rotatable bonds is 5. The van der Waals surface area contributed by atoms with E-state index < -0.39 is 0 Å². The Bertz CT molecular complexity index is 1450. The van der Waals surface area contributed by atoms with E-state index in [1.54, 1.807) is 0 Å². The Morgan fingerprint density at radius 1 is 1.06 bits per heavy atom. The molecule has 3 N–H and O–H groups in total. The van der Waals surface area contributed by atoms with Gasteiger partial charge in [0.2, 0.25) is 0 Å². The van der Waals surface area contributed by atoms with Crippen LogP contribution in [0.25, 0.3) is 31.7 Å². The summed E-state index contributed by atoms with van der Waals surface area (Å²) in [5.41, 5.74) is 10.6. The van der Waals surface area contributed by atoms with E-state index in [9.17, 15) is 4.79 Å². The van der Waals surface area contributed by atoms with Gasteiger partial charge in [-0.25, -0.2) is 9.97 Å². The molecule has 0 aliphatic heterocycles. The smallest absolute Gasteiger partial charge is 0.269 e. The molecule has 0 aliphatic carbocycles. The maximum atomic E-state index is 13.0. The lowest BCUT2D eigenvalue weighted by atomic mass is 10.1. The molecule has 0 spiro atoms. The van der Waals surface area contributed by atoms with Crippen molar-refractivity contribution < 1.29 is 9.53 Å². The number of amides is 1. The van der Waals surface area contributed by atoms with E-state index in [0.717, 1.165) is 37.4 Å². The van der Waals surface area contributed by atoms with Crippen LogP contribution in [0.4, 0.5) is 10.8 Å². The maximum absolute atomic E-state index is 13.0. The summed E-state index contributed by atoms with van der Waals surface area (Å²) in [5.74, 6) is 0.497. The van der Waals surface area contributed by atoms with Crippen LogP contribution < -0.4 is 15.8 Å². The second-order valence-electron chi connectivity index (χ2n) is 7.30. The van der Waals surface area contributed by atoms with Crippen molar-refractivity contribution in [2.45, 2.75) is 13.8 Å². The summed E-state index contributed by atoms with van der Waals surface area (Å²) in [6.07, 6.45) is 0. The summed E-state index contributed by atoms with van der Waals surface area (Å²) in [5, 5.41) is 4.18. The van der Waals surface area contributed by atoms with Crippen molar-refractivity contribution in [2.75, 3.05) is 17.7 Å². The minimum Gasteiger partial charge on any atom is -0.494 e. The number of aromatic nitrogens is 2. The Kier molecular flexibility index (Phi) is 5.24. The summed E-state index contributed by atoms with van der Waals surface area (Å²) < 4.78 is 6.48. The van der Waals surface area contributed by atoms with Gasteiger partial charge in [-0.3, -0.25) is 10.1 Å². The van der Waals surface area contributed by atoms with E-state index in [1.165, 1.54) is 28.2 Å². The van der Waals surface area contributed by atoms with E-state index in [4.69, 9.17) is 15.5 Å². The van der Waals surface area contributed by atoms with E-state index in [2.05, 4.69) is 29.4 Å². The van der Waals surface area contributed by atoms with Crippen molar-refractivity contribution in [3.63, 3.8) is 0 Å². The number of benzene rings is 2. The van der Waals surface area contributed by atoms with E-state index in [0.29, 0.717) is 22.3 Å². The van der Waals surface area contributed by atoms with Crippen molar-refractivity contribution in [3.8, 4) is 17.0 Å². The number of carbonyl (C=O) groups excluding carboxylic acids is 1. The molecular formula is C24H20N4O2S2. The van der Waals surface area contributed by atoms with Crippen LogP contribution in [0.5, 0.6) is 5.75 Å². The second-order valence-corrected chi connectivity index (χ2v) is 9.33. The molecule has 1 amide bonds. The first-order valence-electron chi connectivity index (χ1n) is 10.1. The fourth-order valence-electron chi connectivity index (χ4n) is 3.42. The molecule has 3 aromatic heterocycles. The number of nitrogens with two attached hydrogens (primary N) is 1. The first-order chi connectivity index (χ1) is 15.5. The lowest BCUT2D eigenvalue weighted by molar-refractivity contribution is 0.103. The average Bonchev–Trinajstić information content (AvgIpc) is 3.34. The molecule has 0 unspecified atom stereocenters. The van der Waals surface area contributed by atoms with Gasteiger partial charge < -0.3 is 10.5 Å². The number of hydrogen-bond acceptors (Lipinski definition) is 7. The van der Waals surface area contributed by atoms with Crippen LogP contribution in [0.1, 0.15) is 22.2 Å². The summed E-state index contributed by atoms with van der Waals surface area (Å²) >= 11 is 2.69. The Balaban J connectivity index is 1.43. The van der Waals surface area contributed by atoms with Gasteiger partial charge in [0, 0.05) is 10.9 Å². The third-order valence-corrected chi connectivity index (χ3v) is 7.09. The van der Waals surface area contributed by atoms with Gasteiger partial charge in [0.1, 0.15) is 15.5 Å². The number of thiazole rings is 1. The minimum atomic E-state index is -0.286. The highest BCUT2D eigenvalue weighted by molar-refractivity contribution is 7.23. The van der Waals surface area contributed by atoms with Crippen molar-refractivity contribution in [3.05, 3.63) is 65.0 Å². The van der Waals surface area contributed by atoms with Gasteiger partial charge in [-0.1, -0.05) is 41.2 Å². The molecule has 0 saturated heterocycles. The van der Waals surface area contributed by atoms with Gasteiger partial charge in [0.15, 0.2) is 5.13 Å². The number of anilines is 2. The van der Waals surface area contributed by atoms with Crippen LogP contribution >= 0.6 is 22.7 Å². The van der Waals surface area contributed by atoms with Crippen molar-refractivity contribution >= 4 is 59.8 Å². The lowest BCUT2D eigenvalue weighted by Crippen LogP contribution is -2.11. The summed E-state index contributed by atoms with van der Waals surface area (Å²) in [6.45, 7) is 4.59. The summed E-state index contributed by atoms with van der Waals surface area (Å²) in [6, 6.07) is 17.7. The normalized spacial score (nSPS) is 11.2. The van der Waals surface area contributed by atoms with Crippen molar-refractivity contribution in [2.24, 2.45) is 0 Å². The number of pyridine rings is 1. The number of thiophene rings is 1. The maximum Gasteiger partial charge on any atom is 0.269 e.